The van der Waals surface area contributed by atoms with Crippen molar-refractivity contribution in [3.05, 3.63) is 42.2 Å². The predicted octanol–water partition coefficient (Wildman–Crippen LogP) is 6.00. The first kappa shape index (κ1) is 30.6. The molecule has 44 heavy (non-hydrogen) atoms. The number of hydrogen-bond acceptors (Lipinski definition) is 8. The van der Waals surface area contributed by atoms with Gasteiger partial charge in [0, 0.05) is 31.0 Å². The molecule has 0 unspecified atom stereocenters. The van der Waals surface area contributed by atoms with Crippen LogP contribution in [0.1, 0.15) is 86.4 Å². The van der Waals surface area contributed by atoms with E-state index in [0.717, 1.165) is 64.3 Å². The zero-order valence-corrected chi connectivity index (χ0v) is 25.5. The summed E-state index contributed by atoms with van der Waals surface area (Å²) in [6.07, 6.45) is 11.7. The highest BCUT2D eigenvalue weighted by Gasteiger charge is 2.28. The van der Waals surface area contributed by atoms with Gasteiger partial charge >= 0.3 is 0 Å². The molecule has 0 radical (unpaired) electrons. The zero-order chi connectivity index (χ0) is 30.5. The van der Waals surface area contributed by atoms with Gasteiger partial charge in [0.05, 0.1) is 11.7 Å². The third-order valence-corrected chi connectivity index (χ3v) is 9.37. The Kier molecular flexibility index (Phi) is 9.85. The summed E-state index contributed by atoms with van der Waals surface area (Å²) in [7, 11) is 2.21. The molecule has 238 valence electrons. The van der Waals surface area contributed by atoms with Gasteiger partial charge in [0.15, 0.2) is 11.4 Å². The largest absolute Gasteiger partial charge is 0.444 e. The summed E-state index contributed by atoms with van der Waals surface area (Å²) in [6, 6.07) is 3.59. The van der Waals surface area contributed by atoms with Gasteiger partial charge in [-0.1, -0.05) is 0 Å². The van der Waals surface area contributed by atoms with E-state index in [2.05, 4.69) is 43.0 Å². The second-order valence-electron chi connectivity index (χ2n) is 12.9. The number of nitrogens with one attached hydrogen (secondary N) is 3. The Morgan fingerprint density at radius 3 is 2.64 bits per heavy atom. The van der Waals surface area contributed by atoms with Crippen molar-refractivity contribution in [2.75, 3.05) is 50.4 Å². The fourth-order valence-electron chi connectivity index (χ4n) is 6.48. The van der Waals surface area contributed by atoms with Crippen LogP contribution >= 0.6 is 0 Å². The Bertz CT molecular complexity index is 1380. The molecule has 2 aliphatic carbocycles. The molecule has 1 amide bonds. The SMILES string of the molecule is CN(CCC1CCNCC1)CC1CCC(n2cc(NC(=O)c3coc(-c4ccnc(NCC5CC5)c4)n3)c(C(F)F)n2)CC1. The molecule has 3 fully saturated rings. The Morgan fingerprint density at radius 1 is 1.11 bits per heavy atom. The molecule has 3 aliphatic rings. The van der Waals surface area contributed by atoms with E-state index < -0.39 is 18.0 Å². The smallest absolute Gasteiger partial charge is 0.284 e. The van der Waals surface area contributed by atoms with Gasteiger partial charge in [-0.3, -0.25) is 9.48 Å². The number of piperidine rings is 1. The van der Waals surface area contributed by atoms with Crippen LogP contribution < -0.4 is 16.0 Å². The van der Waals surface area contributed by atoms with Crippen molar-refractivity contribution >= 4 is 17.4 Å². The number of rotatable bonds is 13. The molecular weight excluding hydrogens is 566 g/mol. The minimum Gasteiger partial charge on any atom is -0.444 e. The minimum absolute atomic E-state index is 0.00190. The van der Waals surface area contributed by atoms with Crippen molar-refractivity contribution in [2.24, 2.45) is 17.8 Å². The van der Waals surface area contributed by atoms with E-state index in [1.807, 2.05) is 6.07 Å². The van der Waals surface area contributed by atoms with E-state index in [4.69, 9.17) is 4.42 Å². The number of pyridine rings is 1. The van der Waals surface area contributed by atoms with Gasteiger partial charge in [-0.15, -0.1) is 0 Å². The maximum Gasteiger partial charge on any atom is 0.284 e. The summed E-state index contributed by atoms with van der Waals surface area (Å²) in [5.74, 6) is 2.46. The van der Waals surface area contributed by atoms with E-state index in [1.165, 1.54) is 44.6 Å². The number of oxazole rings is 1. The van der Waals surface area contributed by atoms with E-state index in [1.54, 1.807) is 16.9 Å². The molecule has 0 spiro atoms. The van der Waals surface area contributed by atoms with Crippen molar-refractivity contribution in [1.82, 2.24) is 30.0 Å². The average molecular weight is 611 g/mol. The Morgan fingerprint density at radius 2 is 1.89 bits per heavy atom. The quantitative estimate of drug-likeness (QED) is 0.216. The molecule has 3 aromatic rings. The molecule has 6 rings (SSSR count). The molecule has 12 heteroatoms. The molecule has 1 saturated heterocycles. The summed E-state index contributed by atoms with van der Waals surface area (Å²) in [6.45, 7) is 5.33. The zero-order valence-electron chi connectivity index (χ0n) is 25.5. The van der Waals surface area contributed by atoms with Gasteiger partial charge in [0.2, 0.25) is 5.89 Å². The summed E-state index contributed by atoms with van der Waals surface area (Å²) in [5, 5.41) is 13.6. The van der Waals surface area contributed by atoms with Gasteiger partial charge in [-0.2, -0.15) is 5.10 Å². The number of anilines is 2. The fraction of sp³-hybridized carbons (Fsp3) is 0.625. The van der Waals surface area contributed by atoms with E-state index >= 15 is 0 Å². The van der Waals surface area contributed by atoms with Crippen molar-refractivity contribution in [3.63, 3.8) is 0 Å². The third kappa shape index (κ3) is 8.01. The highest BCUT2D eigenvalue weighted by molar-refractivity contribution is 6.03. The molecule has 10 nitrogen and oxygen atoms in total. The van der Waals surface area contributed by atoms with Gasteiger partial charge in [-0.25, -0.2) is 18.7 Å². The lowest BCUT2D eigenvalue weighted by molar-refractivity contribution is 0.102. The fourth-order valence-corrected chi connectivity index (χ4v) is 6.48. The van der Waals surface area contributed by atoms with Crippen molar-refractivity contribution in [1.29, 1.82) is 0 Å². The van der Waals surface area contributed by atoms with Gasteiger partial charge < -0.3 is 25.3 Å². The van der Waals surface area contributed by atoms with Crippen LogP contribution in [0.15, 0.2) is 35.2 Å². The molecule has 1 aliphatic heterocycles. The van der Waals surface area contributed by atoms with Crippen LogP contribution in [0.25, 0.3) is 11.5 Å². The molecule has 3 aromatic heterocycles. The lowest BCUT2D eigenvalue weighted by Gasteiger charge is -2.32. The van der Waals surface area contributed by atoms with Crippen molar-refractivity contribution in [3.8, 4) is 11.5 Å². The van der Waals surface area contributed by atoms with Crippen LogP contribution in [0, 0.1) is 17.8 Å². The van der Waals surface area contributed by atoms with Gasteiger partial charge in [0.1, 0.15) is 12.1 Å². The Labute approximate surface area is 257 Å². The molecule has 4 heterocycles. The number of carbonyl (C=O) groups excluding carboxylic acids is 1. The highest BCUT2D eigenvalue weighted by atomic mass is 19.3. The summed E-state index contributed by atoms with van der Waals surface area (Å²) < 4.78 is 35.1. The van der Waals surface area contributed by atoms with Crippen molar-refractivity contribution < 1.29 is 18.0 Å². The summed E-state index contributed by atoms with van der Waals surface area (Å²) in [4.78, 5) is 24.1. The second-order valence-corrected chi connectivity index (χ2v) is 12.9. The van der Waals surface area contributed by atoms with Crippen LogP contribution in [-0.4, -0.2) is 70.3 Å². The third-order valence-electron chi connectivity index (χ3n) is 9.37. The Balaban J connectivity index is 1.02. The summed E-state index contributed by atoms with van der Waals surface area (Å²) >= 11 is 0. The monoisotopic (exact) mass is 610 g/mol. The van der Waals surface area contributed by atoms with Gasteiger partial charge in [-0.05, 0) is 114 Å². The first-order valence-corrected chi connectivity index (χ1v) is 16.1. The number of hydrogen-bond donors (Lipinski definition) is 3. The molecule has 0 aromatic carbocycles. The van der Waals surface area contributed by atoms with Crippen molar-refractivity contribution in [2.45, 2.75) is 70.3 Å². The van der Waals surface area contributed by atoms with E-state index in [9.17, 15) is 13.6 Å². The van der Waals surface area contributed by atoms with E-state index in [0.29, 0.717) is 23.2 Å². The van der Waals surface area contributed by atoms with Crippen LogP contribution in [0.2, 0.25) is 0 Å². The maximum absolute atomic E-state index is 14.0. The van der Waals surface area contributed by atoms with Crippen LogP contribution in [0.4, 0.5) is 20.3 Å². The van der Waals surface area contributed by atoms with Crippen LogP contribution in [0.3, 0.4) is 0 Å². The highest BCUT2D eigenvalue weighted by Crippen LogP contribution is 2.35. The standard InChI is InChI=1S/C32H44F2N8O2/c1-41(15-11-21-8-12-35-13-9-21)18-23-4-6-25(7-5-23)42-19-26(29(40-42)30(33)34)38-31(43)27-20-44-32(39-27)24-10-14-36-28(16-24)37-17-22-2-3-22/h10,14,16,19-23,25,30,35H,2-9,11-13,15,17-18H2,1H3,(H,36,37)(H,38,43). The van der Waals surface area contributed by atoms with Crippen LogP contribution in [0.5, 0.6) is 0 Å². The molecule has 2 saturated carbocycles. The number of aromatic nitrogens is 4. The van der Waals surface area contributed by atoms with E-state index in [-0.39, 0.29) is 23.3 Å². The van der Waals surface area contributed by atoms with Gasteiger partial charge in [0.25, 0.3) is 12.3 Å². The molecule has 0 bridgehead atoms. The number of carbonyl (C=O) groups is 1. The number of nitrogens with zero attached hydrogens (tertiary/aromatic N) is 5. The average Bonchev–Trinajstić information content (AvgIpc) is 3.56. The first-order valence-electron chi connectivity index (χ1n) is 16.1. The first-order chi connectivity index (χ1) is 21.4. The molecule has 0 atom stereocenters. The normalized spacial score (nSPS) is 21.2. The molecular formula is C32H44F2N8O2. The molecule has 3 N–H and O–H groups in total. The van der Waals surface area contributed by atoms with Crippen LogP contribution in [-0.2, 0) is 0 Å². The predicted molar refractivity (Wildman–Crippen MR) is 165 cm³/mol. The summed E-state index contributed by atoms with van der Waals surface area (Å²) in [5.41, 5.74) is 0.246. The maximum atomic E-state index is 14.0. The number of alkyl halides is 2. The lowest BCUT2D eigenvalue weighted by Crippen LogP contribution is -2.33. The minimum atomic E-state index is -2.82. The second kappa shape index (κ2) is 14.2. The number of halogens is 2. The Hall–Kier alpha value is -3.38. The number of amides is 1. The lowest BCUT2D eigenvalue weighted by atomic mass is 9.85. The topological polar surface area (TPSA) is 113 Å².